The second kappa shape index (κ2) is 13.8. The third-order valence-electron chi connectivity index (χ3n) is 6.97. The first-order chi connectivity index (χ1) is 22.4. The largest absolute Gasteiger partial charge is 0.756 e. The highest BCUT2D eigenvalue weighted by Crippen LogP contribution is 2.58. The molecule has 2 aliphatic heterocycles. The first-order valence-electron chi connectivity index (χ1n) is 13.3. The van der Waals surface area contributed by atoms with Crippen LogP contribution < -0.4 is 20.9 Å². The van der Waals surface area contributed by atoms with E-state index in [2.05, 4.69) is 32.8 Å². The number of amides is 1. The minimum atomic E-state index is -5.77. The molecule has 0 aliphatic carbocycles. The lowest BCUT2D eigenvalue weighted by atomic mass is 10.1. The highest BCUT2D eigenvalue weighted by molar-refractivity contribution is 7.60. The summed E-state index contributed by atoms with van der Waals surface area (Å²) in [5.41, 5.74) is 11.1. The SMILES string of the molecule is NC(=O)c1ccc[n+]([C@@H]2O[C@H](COP(=O)(O)OP(=O)([O-])OC[C@H]3O[C@@H](n4cnc5c(N)ncnc54)[C@@H](OP(=O)(O)O)C3O)C(O)[C@@H]2O)c1. The van der Waals surface area contributed by atoms with Gasteiger partial charge in [0.05, 0.1) is 19.5 Å². The molecule has 2 fully saturated rings. The molecule has 3 aromatic rings. The maximum absolute atomic E-state index is 12.5. The van der Waals surface area contributed by atoms with Gasteiger partial charge in [0.25, 0.3) is 20.0 Å². The smallest absolute Gasteiger partial charge is 0.478 e. The van der Waals surface area contributed by atoms with E-state index < -0.39 is 91.7 Å². The highest BCUT2D eigenvalue weighted by Gasteiger charge is 2.51. The number of nitrogens with two attached hydrogens (primary N) is 2. The van der Waals surface area contributed by atoms with Crippen LogP contribution >= 0.6 is 23.5 Å². The van der Waals surface area contributed by atoms with Crippen LogP contribution in [0.2, 0.25) is 0 Å². The van der Waals surface area contributed by atoms with Gasteiger partial charge in [-0.15, -0.1) is 0 Å². The van der Waals surface area contributed by atoms with Crippen molar-refractivity contribution in [3.05, 3.63) is 42.7 Å². The summed E-state index contributed by atoms with van der Waals surface area (Å²) < 4.78 is 67.9. The summed E-state index contributed by atoms with van der Waals surface area (Å²) >= 11 is 0. The van der Waals surface area contributed by atoms with Crippen molar-refractivity contribution in [1.82, 2.24) is 19.5 Å². The third kappa shape index (κ3) is 8.12. The number of carbonyl (C=O) groups is 1. The number of carbonyl (C=O) groups excluding carboxylic acids is 1. The van der Waals surface area contributed by atoms with E-state index in [9.17, 15) is 53.4 Å². The standard InChI is InChI=1S/C21H28N7O17P3/c22-17-12-19(25-7-24-17)28(8-26-12)21-16(44-46(33,34)35)14(30)11(43-21)6-41-48(38,39)45-47(36,37)40-5-10-13(29)15(31)20(42-10)27-3-1-2-9(4-27)18(23)32/h1-4,7-8,10-11,13-16,20-21,29-31H,5-6H2,(H7-,22,23,24,25,32,33,34,35,36,37,38,39)/t10-,11-,13?,14?,15+,16+,20-,21-/m1/s1. The Balaban J connectivity index is 1.21. The molecule has 2 saturated heterocycles. The Labute approximate surface area is 267 Å². The van der Waals surface area contributed by atoms with Crippen LogP contribution in [0.1, 0.15) is 22.8 Å². The van der Waals surface area contributed by atoms with E-state index in [1.54, 1.807) is 0 Å². The second-order valence-corrected chi connectivity index (χ2v) is 14.4. The van der Waals surface area contributed by atoms with Crippen molar-refractivity contribution in [3.8, 4) is 0 Å². The average Bonchev–Trinajstić information content (AvgIpc) is 3.64. The van der Waals surface area contributed by atoms with Crippen molar-refractivity contribution in [2.24, 2.45) is 5.73 Å². The Hall–Kier alpha value is -2.86. The van der Waals surface area contributed by atoms with Gasteiger partial charge in [-0.1, -0.05) is 0 Å². The average molecular weight is 743 g/mol. The third-order valence-corrected chi connectivity index (χ3v) is 10.1. The van der Waals surface area contributed by atoms with Gasteiger partial charge in [-0.05, 0) is 6.07 Å². The van der Waals surface area contributed by atoms with Crippen LogP contribution in [0, 0.1) is 0 Å². The number of anilines is 1. The van der Waals surface area contributed by atoms with Crippen molar-refractivity contribution in [2.75, 3.05) is 18.9 Å². The zero-order valence-corrected chi connectivity index (χ0v) is 26.6. The lowest BCUT2D eigenvalue weighted by Gasteiger charge is -2.26. The number of imidazole rings is 1. The van der Waals surface area contributed by atoms with Gasteiger partial charge in [-0.3, -0.25) is 23.0 Å². The van der Waals surface area contributed by atoms with E-state index >= 15 is 0 Å². The quantitative estimate of drug-likeness (QED) is 0.0621. The van der Waals surface area contributed by atoms with Gasteiger partial charge in [0.1, 0.15) is 47.9 Å². The molecule has 48 heavy (non-hydrogen) atoms. The summed E-state index contributed by atoms with van der Waals surface area (Å²) in [5, 5.41) is 31.5. The number of pyridine rings is 1. The second-order valence-electron chi connectivity index (χ2n) is 10.2. The fourth-order valence-electron chi connectivity index (χ4n) is 4.82. The predicted octanol–water partition coefficient (Wildman–Crippen LogP) is -3.53. The normalized spacial score (nSPS) is 30.3. The summed E-state index contributed by atoms with van der Waals surface area (Å²) in [6.07, 6.45) is -8.59. The molecule has 10 N–H and O–H groups in total. The van der Waals surface area contributed by atoms with Crippen molar-refractivity contribution in [1.29, 1.82) is 0 Å². The first kappa shape index (κ1) is 36.4. The van der Waals surface area contributed by atoms with E-state index in [4.69, 9.17) is 20.9 Å². The van der Waals surface area contributed by atoms with E-state index in [1.165, 1.54) is 29.1 Å². The zero-order valence-electron chi connectivity index (χ0n) is 23.9. The maximum atomic E-state index is 12.5. The van der Waals surface area contributed by atoms with Crippen LogP contribution in [-0.4, -0.2) is 105 Å². The summed E-state index contributed by atoms with van der Waals surface area (Å²) in [4.78, 5) is 64.4. The number of aliphatic hydroxyl groups excluding tert-OH is 3. The summed E-state index contributed by atoms with van der Waals surface area (Å²) in [7, 11) is -16.6. The molecular weight excluding hydrogens is 715 g/mol. The number of primary amides is 1. The van der Waals surface area contributed by atoms with Crippen LogP contribution in [-0.2, 0) is 41.1 Å². The number of aliphatic hydroxyl groups is 3. The molecule has 5 heterocycles. The molecular formula is C21H28N7O17P3. The topological polar surface area (TPSA) is 368 Å². The Kier molecular flexibility index (Phi) is 10.5. The molecule has 0 radical (unpaired) electrons. The van der Waals surface area contributed by atoms with Gasteiger partial charge in [-0.25, -0.2) is 28.4 Å². The number of ether oxygens (including phenoxy) is 2. The number of hydrogen-bond donors (Lipinski definition) is 8. The fourth-order valence-corrected chi connectivity index (χ4v) is 7.42. The number of nitrogens with zero attached hydrogens (tertiary/aromatic N) is 5. The molecule has 0 saturated carbocycles. The number of fused-ring (bicyclic) bond motifs is 1. The van der Waals surface area contributed by atoms with E-state index in [0.29, 0.717) is 0 Å². The molecule has 5 rings (SSSR count). The van der Waals surface area contributed by atoms with Crippen molar-refractivity contribution >= 4 is 46.4 Å². The van der Waals surface area contributed by atoms with Crippen LogP contribution in [0.3, 0.4) is 0 Å². The highest BCUT2D eigenvalue weighted by atomic mass is 31.3. The summed E-state index contributed by atoms with van der Waals surface area (Å²) in [5.74, 6) is -0.862. The summed E-state index contributed by atoms with van der Waals surface area (Å²) in [6, 6.07) is 2.78. The molecule has 0 spiro atoms. The molecule has 2 aliphatic rings. The fraction of sp³-hybridized carbons (Fsp3) is 0.476. The number of aromatic nitrogens is 5. The van der Waals surface area contributed by atoms with Crippen molar-refractivity contribution in [2.45, 2.75) is 49.1 Å². The van der Waals surface area contributed by atoms with Gasteiger partial charge >= 0.3 is 15.6 Å². The molecule has 4 unspecified atom stereocenters. The predicted molar refractivity (Wildman–Crippen MR) is 148 cm³/mol. The minimum Gasteiger partial charge on any atom is -0.756 e. The Bertz CT molecular complexity index is 1810. The van der Waals surface area contributed by atoms with Gasteiger partial charge in [0.2, 0.25) is 0 Å². The van der Waals surface area contributed by atoms with Crippen molar-refractivity contribution < 1.29 is 85.3 Å². The first-order valence-corrected chi connectivity index (χ1v) is 17.8. The molecule has 0 bridgehead atoms. The number of phosphoric acid groups is 3. The van der Waals surface area contributed by atoms with E-state index in [1.807, 2.05) is 0 Å². The van der Waals surface area contributed by atoms with Crippen LogP contribution in [0.15, 0.2) is 37.2 Å². The Morgan fingerprint density at radius 2 is 1.71 bits per heavy atom. The molecule has 0 aromatic carbocycles. The van der Waals surface area contributed by atoms with Gasteiger partial charge in [0, 0.05) is 6.07 Å². The lowest BCUT2D eigenvalue weighted by molar-refractivity contribution is -0.765. The zero-order chi connectivity index (χ0) is 35.2. The molecule has 264 valence electrons. The van der Waals surface area contributed by atoms with Crippen molar-refractivity contribution in [3.63, 3.8) is 0 Å². The molecule has 27 heteroatoms. The Morgan fingerprint density at radius 1 is 1.02 bits per heavy atom. The number of phosphoric ester groups is 3. The molecule has 1 amide bonds. The molecule has 3 aromatic heterocycles. The van der Waals surface area contributed by atoms with Gasteiger partial charge in [-0.2, -0.15) is 4.57 Å². The Morgan fingerprint density at radius 3 is 2.40 bits per heavy atom. The number of rotatable bonds is 13. The molecule has 10 atom stereocenters. The van der Waals surface area contributed by atoms with E-state index in [-0.39, 0.29) is 22.5 Å². The van der Waals surface area contributed by atoms with Gasteiger partial charge in [0.15, 0.2) is 36.2 Å². The number of hydrogen-bond acceptors (Lipinski definition) is 18. The van der Waals surface area contributed by atoms with E-state index in [0.717, 1.165) is 17.2 Å². The minimum absolute atomic E-state index is 0.00949. The van der Waals surface area contributed by atoms with Crippen LogP contribution in [0.5, 0.6) is 0 Å². The lowest BCUT2D eigenvalue weighted by Crippen LogP contribution is -2.46. The monoisotopic (exact) mass is 743 g/mol. The number of nitrogen functional groups attached to an aromatic ring is 1. The summed E-state index contributed by atoms with van der Waals surface area (Å²) in [6.45, 7) is -2.12. The van der Waals surface area contributed by atoms with Crippen LogP contribution in [0.4, 0.5) is 5.82 Å². The van der Waals surface area contributed by atoms with Gasteiger partial charge < -0.3 is 60.4 Å². The maximum Gasteiger partial charge on any atom is 0.478 e. The molecule has 24 nitrogen and oxygen atoms in total. The van der Waals surface area contributed by atoms with Crippen LogP contribution in [0.25, 0.3) is 11.2 Å².